The Kier molecular flexibility index (Phi) is 7.46. The van der Waals surface area contributed by atoms with Gasteiger partial charge in [0, 0.05) is 11.8 Å². The third kappa shape index (κ3) is 4.46. The Hall–Kier alpha value is -4.68. The van der Waals surface area contributed by atoms with E-state index in [2.05, 4.69) is 0 Å². The number of hydrogen-bond acceptors (Lipinski definition) is 8. The van der Waals surface area contributed by atoms with Gasteiger partial charge in [-0.2, -0.15) is 5.26 Å². The molecule has 0 aromatic heterocycles. The molecule has 1 unspecified atom stereocenters. The molecule has 3 aromatic carbocycles. The lowest BCUT2D eigenvalue weighted by Crippen LogP contribution is -2.29. The third-order valence-corrected chi connectivity index (χ3v) is 6.47. The Balaban J connectivity index is 2.01. The van der Waals surface area contributed by atoms with Crippen LogP contribution in [-0.4, -0.2) is 45.2 Å². The summed E-state index contributed by atoms with van der Waals surface area (Å²) < 4.78 is 21.5. The van der Waals surface area contributed by atoms with Crippen molar-refractivity contribution in [3.8, 4) is 29.1 Å². The van der Waals surface area contributed by atoms with E-state index >= 15 is 0 Å². The maximum atomic E-state index is 13.5. The molecule has 1 aliphatic heterocycles. The number of halogens is 1. The fourth-order valence-electron chi connectivity index (χ4n) is 4.32. The van der Waals surface area contributed by atoms with Gasteiger partial charge in [-0.25, -0.2) is 0 Å². The van der Waals surface area contributed by atoms with E-state index in [1.54, 1.807) is 30.3 Å². The van der Waals surface area contributed by atoms with Crippen molar-refractivity contribution in [2.75, 3.05) is 33.3 Å². The molecule has 0 spiro atoms. The number of methoxy groups -OCH3 is 4. The molecular formula is C28H23ClN2O7. The first-order valence-electron chi connectivity index (χ1n) is 11.2. The van der Waals surface area contributed by atoms with Crippen LogP contribution in [0.2, 0.25) is 5.02 Å². The van der Waals surface area contributed by atoms with Crippen molar-refractivity contribution in [2.24, 2.45) is 0 Å². The van der Waals surface area contributed by atoms with Gasteiger partial charge in [-0.15, -0.1) is 0 Å². The van der Waals surface area contributed by atoms with E-state index in [0.717, 1.165) is 0 Å². The Labute approximate surface area is 224 Å². The highest BCUT2D eigenvalue weighted by Crippen LogP contribution is 2.46. The second kappa shape index (κ2) is 10.7. The number of aliphatic hydroxyl groups excluding tert-OH is 1. The molecule has 0 bridgehead atoms. The van der Waals surface area contributed by atoms with Crippen molar-refractivity contribution in [1.82, 2.24) is 0 Å². The second-order valence-corrected chi connectivity index (χ2v) is 8.54. The Bertz CT molecular complexity index is 1490. The maximum absolute atomic E-state index is 13.5. The van der Waals surface area contributed by atoms with Gasteiger partial charge in [0.15, 0.2) is 11.5 Å². The minimum atomic E-state index is -1.06. The van der Waals surface area contributed by atoms with Crippen LogP contribution in [0.25, 0.3) is 5.76 Å². The van der Waals surface area contributed by atoms with Crippen molar-refractivity contribution >= 4 is 34.7 Å². The standard InChI is InChI=1S/C28H23ClN2O7/c1-35-20-10-7-16(11-23(20)38-4)25-24(26(32)18-12-22(37-3)19(29)13-21(18)36-2)27(33)28(34)31(25)17-8-5-15(14-30)6-9-17/h5-13,25,32H,1-4H3/b26-24+. The topological polar surface area (TPSA) is 118 Å². The molecule has 0 saturated carbocycles. The molecule has 1 N–H and O–H groups in total. The molecular weight excluding hydrogens is 512 g/mol. The predicted octanol–water partition coefficient (Wildman–Crippen LogP) is 4.87. The smallest absolute Gasteiger partial charge is 0.300 e. The van der Waals surface area contributed by atoms with Crippen molar-refractivity contribution < 1.29 is 33.6 Å². The van der Waals surface area contributed by atoms with Crippen LogP contribution < -0.4 is 23.8 Å². The lowest BCUT2D eigenvalue weighted by Gasteiger charge is -2.26. The molecule has 0 radical (unpaired) electrons. The van der Waals surface area contributed by atoms with E-state index in [1.165, 1.54) is 57.6 Å². The van der Waals surface area contributed by atoms with Gasteiger partial charge < -0.3 is 24.1 Å². The molecule has 1 heterocycles. The first-order chi connectivity index (χ1) is 18.3. The molecule has 194 valence electrons. The molecule has 1 atom stereocenters. The van der Waals surface area contributed by atoms with Crippen LogP contribution in [0.1, 0.15) is 22.7 Å². The minimum absolute atomic E-state index is 0.108. The predicted molar refractivity (Wildman–Crippen MR) is 140 cm³/mol. The summed E-state index contributed by atoms with van der Waals surface area (Å²) in [5, 5.41) is 21.0. The fourth-order valence-corrected chi connectivity index (χ4v) is 4.56. The Morgan fingerprint density at radius 3 is 2.08 bits per heavy atom. The third-order valence-electron chi connectivity index (χ3n) is 6.17. The molecule has 4 rings (SSSR count). The van der Waals surface area contributed by atoms with Crippen LogP contribution in [0.4, 0.5) is 5.69 Å². The summed E-state index contributed by atoms with van der Waals surface area (Å²) in [6, 6.07) is 15.0. The summed E-state index contributed by atoms with van der Waals surface area (Å²) in [4.78, 5) is 28.2. The van der Waals surface area contributed by atoms with Crippen LogP contribution in [0.15, 0.2) is 60.2 Å². The molecule has 10 heteroatoms. The number of hydrogen-bond donors (Lipinski definition) is 1. The molecule has 1 fully saturated rings. The largest absolute Gasteiger partial charge is 0.507 e. The number of Topliss-reactive ketones (excluding diaryl/α,β-unsaturated/α-hetero) is 1. The lowest BCUT2D eigenvalue weighted by atomic mass is 9.94. The van der Waals surface area contributed by atoms with Gasteiger partial charge in [-0.05, 0) is 48.0 Å². The SMILES string of the molecule is COc1cc(/C(O)=C2\C(=O)C(=O)N(c3ccc(C#N)cc3)C2c2ccc(OC)c(OC)c2)c(OC)cc1Cl. The molecule has 1 saturated heterocycles. The van der Waals surface area contributed by atoms with Crippen molar-refractivity contribution in [3.63, 3.8) is 0 Å². The monoisotopic (exact) mass is 534 g/mol. The van der Waals surface area contributed by atoms with E-state index in [0.29, 0.717) is 28.3 Å². The molecule has 1 amide bonds. The van der Waals surface area contributed by atoms with Gasteiger partial charge in [-0.3, -0.25) is 14.5 Å². The number of nitrogens with zero attached hydrogens (tertiary/aromatic N) is 2. The summed E-state index contributed by atoms with van der Waals surface area (Å²) in [7, 11) is 5.74. The van der Waals surface area contributed by atoms with E-state index in [-0.39, 0.29) is 27.7 Å². The summed E-state index contributed by atoms with van der Waals surface area (Å²) in [6.07, 6.45) is 0. The zero-order chi connectivity index (χ0) is 27.6. The highest BCUT2D eigenvalue weighted by molar-refractivity contribution is 6.51. The second-order valence-electron chi connectivity index (χ2n) is 8.13. The number of benzene rings is 3. The first-order valence-corrected chi connectivity index (χ1v) is 11.6. The number of carbonyl (C=O) groups is 2. The first kappa shape index (κ1) is 26.4. The van der Waals surface area contributed by atoms with Crippen molar-refractivity contribution in [2.45, 2.75) is 6.04 Å². The van der Waals surface area contributed by atoms with E-state index in [4.69, 9.17) is 30.5 Å². The van der Waals surface area contributed by atoms with Crippen LogP contribution >= 0.6 is 11.6 Å². The van der Waals surface area contributed by atoms with Crippen LogP contribution in [0.5, 0.6) is 23.0 Å². The maximum Gasteiger partial charge on any atom is 0.300 e. The zero-order valence-electron chi connectivity index (χ0n) is 20.9. The normalized spacial score (nSPS) is 16.2. The Morgan fingerprint density at radius 1 is 0.868 bits per heavy atom. The molecule has 3 aromatic rings. The number of amides is 1. The van der Waals surface area contributed by atoms with E-state index in [1.807, 2.05) is 6.07 Å². The molecule has 38 heavy (non-hydrogen) atoms. The number of anilines is 1. The van der Waals surface area contributed by atoms with E-state index in [9.17, 15) is 20.0 Å². The van der Waals surface area contributed by atoms with Crippen molar-refractivity contribution in [3.05, 3.63) is 81.9 Å². The van der Waals surface area contributed by atoms with Gasteiger partial charge in [0.1, 0.15) is 17.3 Å². The summed E-state index contributed by atoms with van der Waals surface area (Å²) in [6.45, 7) is 0. The number of carbonyl (C=O) groups excluding carboxylic acids is 2. The Morgan fingerprint density at radius 2 is 1.50 bits per heavy atom. The highest BCUT2D eigenvalue weighted by atomic mass is 35.5. The average Bonchev–Trinajstić information content (AvgIpc) is 3.21. The summed E-state index contributed by atoms with van der Waals surface area (Å²) >= 11 is 6.23. The number of ketones is 1. The van der Waals surface area contributed by atoms with Gasteiger partial charge in [0.25, 0.3) is 11.7 Å². The number of nitriles is 1. The number of ether oxygens (including phenoxy) is 4. The molecule has 0 aliphatic carbocycles. The van der Waals surface area contributed by atoms with Crippen LogP contribution in [0.3, 0.4) is 0 Å². The van der Waals surface area contributed by atoms with Crippen LogP contribution in [0, 0.1) is 11.3 Å². The highest BCUT2D eigenvalue weighted by Gasteiger charge is 2.47. The average molecular weight is 535 g/mol. The van der Waals surface area contributed by atoms with Gasteiger partial charge in [0.2, 0.25) is 0 Å². The minimum Gasteiger partial charge on any atom is -0.507 e. The summed E-state index contributed by atoms with van der Waals surface area (Å²) in [5.74, 6) is -1.05. The quantitative estimate of drug-likeness (QED) is 0.259. The lowest BCUT2D eigenvalue weighted by molar-refractivity contribution is -0.132. The number of aliphatic hydroxyl groups is 1. The molecule has 1 aliphatic rings. The summed E-state index contributed by atoms with van der Waals surface area (Å²) in [5.41, 5.74) is 1.12. The number of rotatable bonds is 7. The fraction of sp³-hybridized carbons (Fsp3) is 0.179. The zero-order valence-corrected chi connectivity index (χ0v) is 21.7. The van der Waals surface area contributed by atoms with Crippen molar-refractivity contribution in [1.29, 1.82) is 5.26 Å². The van der Waals surface area contributed by atoms with Crippen LogP contribution in [-0.2, 0) is 9.59 Å². The van der Waals surface area contributed by atoms with E-state index < -0.39 is 23.5 Å². The van der Waals surface area contributed by atoms with Gasteiger partial charge >= 0.3 is 0 Å². The molecule has 9 nitrogen and oxygen atoms in total. The van der Waals surface area contributed by atoms with Gasteiger partial charge in [-0.1, -0.05) is 17.7 Å². The van der Waals surface area contributed by atoms with Gasteiger partial charge in [0.05, 0.1) is 62.3 Å².